The molecule has 0 radical (unpaired) electrons. The monoisotopic (exact) mass is 156 g/mol. The van der Waals surface area contributed by atoms with Crippen molar-refractivity contribution < 1.29 is 0 Å². The predicted octanol–water partition coefficient (Wildman–Crippen LogP) is 1.08. The van der Waals surface area contributed by atoms with Gasteiger partial charge in [0.2, 0.25) is 0 Å². The van der Waals surface area contributed by atoms with Crippen molar-refractivity contribution in [2.75, 3.05) is 26.2 Å². The standard InChI is InChI=1S/C9H20N2/c1-3-9(2)11-7-4-5-10-6-8-11/h9-10H,3-8H2,1-2H3/t9-/m0/s1. The van der Waals surface area contributed by atoms with Gasteiger partial charge in [-0.05, 0) is 32.9 Å². The van der Waals surface area contributed by atoms with Crippen LogP contribution >= 0.6 is 0 Å². The Hall–Kier alpha value is -0.0800. The average molecular weight is 156 g/mol. The maximum absolute atomic E-state index is 3.41. The van der Waals surface area contributed by atoms with Gasteiger partial charge in [0.1, 0.15) is 0 Å². The molecule has 0 bridgehead atoms. The van der Waals surface area contributed by atoms with E-state index in [0.717, 1.165) is 6.04 Å². The molecule has 1 N–H and O–H groups in total. The fourth-order valence-corrected chi connectivity index (χ4v) is 1.57. The predicted molar refractivity (Wildman–Crippen MR) is 48.8 cm³/mol. The van der Waals surface area contributed by atoms with E-state index in [1.54, 1.807) is 0 Å². The minimum absolute atomic E-state index is 0.773. The zero-order valence-corrected chi connectivity index (χ0v) is 7.77. The van der Waals surface area contributed by atoms with Gasteiger partial charge in [0.15, 0.2) is 0 Å². The van der Waals surface area contributed by atoms with Gasteiger partial charge >= 0.3 is 0 Å². The number of nitrogens with one attached hydrogen (secondary N) is 1. The highest BCUT2D eigenvalue weighted by Gasteiger charge is 2.12. The fourth-order valence-electron chi connectivity index (χ4n) is 1.57. The molecular formula is C9H20N2. The zero-order chi connectivity index (χ0) is 8.10. The lowest BCUT2D eigenvalue weighted by atomic mass is 10.2. The van der Waals surface area contributed by atoms with Gasteiger partial charge in [-0.1, -0.05) is 6.92 Å². The third kappa shape index (κ3) is 2.80. The van der Waals surface area contributed by atoms with Crippen LogP contribution in [-0.4, -0.2) is 37.1 Å². The molecule has 0 aromatic heterocycles. The van der Waals surface area contributed by atoms with Gasteiger partial charge in [-0.15, -0.1) is 0 Å². The van der Waals surface area contributed by atoms with Crippen LogP contribution in [0, 0.1) is 0 Å². The molecule has 0 aromatic carbocycles. The number of nitrogens with zero attached hydrogens (tertiary/aromatic N) is 1. The van der Waals surface area contributed by atoms with E-state index < -0.39 is 0 Å². The molecule has 1 rings (SSSR count). The second kappa shape index (κ2) is 4.73. The Morgan fingerprint density at radius 2 is 2.18 bits per heavy atom. The maximum Gasteiger partial charge on any atom is 0.0110 e. The van der Waals surface area contributed by atoms with E-state index in [-0.39, 0.29) is 0 Å². The summed E-state index contributed by atoms with van der Waals surface area (Å²) in [5, 5.41) is 3.41. The first-order valence-electron chi connectivity index (χ1n) is 4.79. The van der Waals surface area contributed by atoms with Gasteiger partial charge in [-0.25, -0.2) is 0 Å². The molecule has 0 unspecified atom stereocenters. The van der Waals surface area contributed by atoms with Crippen LogP contribution in [-0.2, 0) is 0 Å². The van der Waals surface area contributed by atoms with E-state index >= 15 is 0 Å². The van der Waals surface area contributed by atoms with Crippen LogP contribution in [0.1, 0.15) is 26.7 Å². The van der Waals surface area contributed by atoms with E-state index in [1.165, 1.54) is 39.0 Å². The van der Waals surface area contributed by atoms with Gasteiger partial charge in [0, 0.05) is 19.1 Å². The minimum atomic E-state index is 0.773. The van der Waals surface area contributed by atoms with E-state index in [0.29, 0.717) is 0 Å². The molecule has 0 aromatic rings. The molecule has 1 aliphatic heterocycles. The second-order valence-corrected chi connectivity index (χ2v) is 3.40. The molecule has 1 saturated heterocycles. The number of hydrogen-bond acceptors (Lipinski definition) is 2. The maximum atomic E-state index is 3.41. The number of hydrogen-bond donors (Lipinski definition) is 1. The average Bonchev–Trinajstić information content (AvgIpc) is 2.30. The summed E-state index contributed by atoms with van der Waals surface area (Å²) in [6.07, 6.45) is 2.59. The third-order valence-electron chi connectivity index (χ3n) is 2.59. The normalized spacial score (nSPS) is 24.5. The summed E-state index contributed by atoms with van der Waals surface area (Å²) in [5.41, 5.74) is 0. The van der Waals surface area contributed by atoms with Crippen LogP contribution in [0.2, 0.25) is 0 Å². The van der Waals surface area contributed by atoms with Crippen LogP contribution < -0.4 is 5.32 Å². The molecule has 2 heteroatoms. The second-order valence-electron chi connectivity index (χ2n) is 3.40. The summed E-state index contributed by atoms with van der Waals surface area (Å²) in [5.74, 6) is 0. The van der Waals surface area contributed by atoms with Gasteiger partial charge in [0.25, 0.3) is 0 Å². The molecule has 0 aliphatic carbocycles. The van der Waals surface area contributed by atoms with Crippen molar-refractivity contribution in [3.63, 3.8) is 0 Å². The van der Waals surface area contributed by atoms with Crippen LogP contribution in [0.25, 0.3) is 0 Å². The minimum Gasteiger partial charge on any atom is -0.315 e. The van der Waals surface area contributed by atoms with E-state index in [9.17, 15) is 0 Å². The SMILES string of the molecule is CC[C@H](C)N1CCCNCC1. The topological polar surface area (TPSA) is 15.3 Å². The summed E-state index contributed by atoms with van der Waals surface area (Å²) >= 11 is 0. The third-order valence-corrected chi connectivity index (χ3v) is 2.59. The lowest BCUT2D eigenvalue weighted by Gasteiger charge is -2.25. The first-order chi connectivity index (χ1) is 5.34. The smallest absolute Gasteiger partial charge is 0.0110 e. The molecule has 1 heterocycles. The van der Waals surface area contributed by atoms with Crippen molar-refractivity contribution in [2.45, 2.75) is 32.7 Å². The fraction of sp³-hybridized carbons (Fsp3) is 1.00. The summed E-state index contributed by atoms with van der Waals surface area (Å²) < 4.78 is 0. The van der Waals surface area contributed by atoms with Crippen LogP contribution in [0.15, 0.2) is 0 Å². The van der Waals surface area contributed by atoms with Crippen LogP contribution in [0.5, 0.6) is 0 Å². The Balaban J connectivity index is 2.30. The van der Waals surface area contributed by atoms with E-state index in [4.69, 9.17) is 0 Å². The largest absolute Gasteiger partial charge is 0.315 e. The highest BCUT2D eigenvalue weighted by Crippen LogP contribution is 2.04. The Morgan fingerprint density at radius 3 is 2.91 bits per heavy atom. The Bertz CT molecular complexity index is 95.7. The van der Waals surface area contributed by atoms with Gasteiger partial charge in [0.05, 0.1) is 0 Å². The van der Waals surface area contributed by atoms with Gasteiger partial charge < -0.3 is 5.32 Å². The quantitative estimate of drug-likeness (QED) is 0.643. The van der Waals surface area contributed by atoms with Crippen molar-refractivity contribution in [3.05, 3.63) is 0 Å². The van der Waals surface area contributed by atoms with Crippen molar-refractivity contribution in [2.24, 2.45) is 0 Å². The molecule has 1 fully saturated rings. The molecular weight excluding hydrogens is 136 g/mol. The van der Waals surface area contributed by atoms with E-state index in [1.807, 2.05) is 0 Å². The molecule has 0 spiro atoms. The Kier molecular flexibility index (Phi) is 3.87. The highest BCUT2D eigenvalue weighted by molar-refractivity contribution is 4.70. The highest BCUT2D eigenvalue weighted by atomic mass is 15.2. The molecule has 0 saturated carbocycles. The molecule has 11 heavy (non-hydrogen) atoms. The van der Waals surface area contributed by atoms with Crippen molar-refractivity contribution in [3.8, 4) is 0 Å². The number of rotatable bonds is 2. The van der Waals surface area contributed by atoms with Crippen LogP contribution in [0.4, 0.5) is 0 Å². The summed E-state index contributed by atoms with van der Waals surface area (Å²) in [4.78, 5) is 2.58. The van der Waals surface area contributed by atoms with Crippen molar-refractivity contribution >= 4 is 0 Å². The van der Waals surface area contributed by atoms with Crippen molar-refractivity contribution in [1.82, 2.24) is 10.2 Å². The lowest BCUT2D eigenvalue weighted by molar-refractivity contribution is 0.218. The molecule has 1 atom stereocenters. The van der Waals surface area contributed by atoms with Crippen LogP contribution in [0.3, 0.4) is 0 Å². The lowest BCUT2D eigenvalue weighted by Crippen LogP contribution is -2.35. The molecule has 66 valence electrons. The van der Waals surface area contributed by atoms with Crippen molar-refractivity contribution in [1.29, 1.82) is 0 Å². The molecule has 1 aliphatic rings. The van der Waals surface area contributed by atoms with Gasteiger partial charge in [-0.2, -0.15) is 0 Å². The summed E-state index contributed by atoms with van der Waals surface area (Å²) in [6, 6.07) is 0.773. The Morgan fingerprint density at radius 1 is 1.36 bits per heavy atom. The molecule has 2 nitrogen and oxygen atoms in total. The zero-order valence-electron chi connectivity index (χ0n) is 7.77. The first kappa shape index (κ1) is 9.01. The molecule has 0 amide bonds. The summed E-state index contributed by atoms with van der Waals surface area (Å²) in [7, 11) is 0. The summed E-state index contributed by atoms with van der Waals surface area (Å²) in [6.45, 7) is 9.47. The first-order valence-corrected chi connectivity index (χ1v) is 4.79. The van der Waals surface area contributed by atoms with E-state index in [2.05, 4.69) is 24.1 Å². The van der Waals surface area contributed by atoms with Gasteiger partial charge in [-0.3, -0.25) is 4.90 Å². The Labute approximate surface area is 70.0 Å².